The number of para-hydroxylation sites is 1. The van der Waals surface area contributed by atoms with Crippen LogP contribution in [0.25, 0.3) is 0 Å². The first-order valence-corrected chi connectivity index (χ1v) is 10.1. The number of anilines is 1. The molecule has 2 aromatic rings. The highest BCUT2D eigenvalue weighted by molar-refractivity contribution is 5.81. The molecule has 3 nitrogen and oxygen atoms in total. The second kappa shape index (κ2) is 10.1. The van der Waals surface area contributed by atoms with Gasteiger partial charge in [-0.3, -0.25) is 4.79 Å². The molecule has 0 saturated carbocycles. The van der Waals surface area contributed by atoms with E-state index in [2.05, 4.69) is 54.0 Å². The van der Waals surface area contributed by atoms with Crippen molar-refractivity contribution in [2.75, 3.05) is 11.9 Å². The highest BCUT2D eigenvalue weighted by Crippen LogP contribution is 2.24. The number of hydrogen-bond acceptors (Lipinski definition) is 2. The lowest BCUT2D eigenvalue weighted by molar-refractivity contribution is -0.128. The minimum atomic E-state index is -0.359. The van der Waals surface area contributed by atoms with E-state index in [1.807, 2.05) is 39.0 Å². The average molecular weight is 367 g/mol. The molecule has 146 valence electrons. The number of amides is 1. The van der Waals surface area contributed by atoms with Gasteiger partial charge in [0.1, 0.15) is 0 Å². The van der Waals surface area contributed by atoms with E-state index in [-0.39, 0.29) is 17.4 Å². The monoisotopic (exact) mass is 366 g/mol. The molecule has 0 saturated heterocycles. The molecule has 2 N–H and O–H groups in total. The fourth-order valence-electron chi connectivity index (χ4n) is 3.00. The first kappa shape index (κ1) is 21.0. The number of nitrogens with one attached hydrogen (secondary N) is 2. The summed E-state index contributed by atoms with van der Waals surface area (Å²) in [6, 6.07) is 19.3. The number of hydrogen-bond donors (Lipinski definition) is 2. The third-order valence-electron chi connectivity index (χ3n) is 4.69. The van der Waals surface area contributed by atoms with E-state index in [0.29, 0.717) is 6.54 Å². The standard InChI is InChI=1S/C24H34N2O/c1-5-6-11-19-12-10-13-20(18-19)22(26-21-14-8-7-9-15-21)16-17-25-23(27)24(2,3)4/h7-10,12-15,18,22,26H,5-6,11,16-17H2,1-4H3,(H,25,27). The van der Waals surface area contributed by atoms with Crippen molar-refractivity contribution in [3.05, 3.63) is 65.7 Å². The first-order valence-electron chi connectivity index (χ1n) is 10.1. The van der Waals surface area contributed by atoms with Gasteiger partial charge in [0.2, 0.25) is 5.91 Å². The molecule has 0 bridgehead atoms. The quantitative estimate of drug-likeness (QED) is 0.594. The van der Waals surface area contributed by atoms with Gasteiger partial charge in [-0.15, -0.1) is 0 Å². The SMILES string of the molecule is CCCCc1cccc(C(CCNC(=O)C(C)(C)C)Nc2ccccc2)c1. The topological polar surface area (TPSA) is 41.1 Å². The van der Waals surface area contributed by atoms with E-state index in [1.54, 1.807) is 0 Å². The van der Waals surface area contributed by atoms with Crippen LogP contribution in [-0.4, -0.2) is 12.5 Å². The zero-order valence-electron chi connectivity index (χ0n) is 17.2. The molecular weight excluding hydrogens is 332 g/mol. The Hall–Kier alpha value is -2.29. The fraction of sp³-hybridized carbons (Fsp3) is 0.458. The Balaban J connectivity index is 2.11. The molecule has 0 aliphatic heterocycles. The number of rotatable bonds is 9. The minimum Gasteiger partial charge on any atom is -0.378 e. The molecule has 1 amide bonds. The maximum atomic E-state index is 12.2. The van der Waals surface area contributed by atoms with Crippen LogP contribution < -0.4 is 10.6 Å². The lowest BCUT2D eigenvalue weighted by Crippen LogP contribution is -2.36. The zero-order valence-corrected chi connectivity index (χ0v) is 17.2. The predicted molar refractivity (Wildman–Crippen MR) is 115 cm³/mol. The summed E-state index contributed by atoms with van der Waals surface area (Å²) in [6.07, 6.45) is 4.37. The molecule has 0 aliphatic carbocycles. The van der Waals surface area contributed by atoms with E-state index in [0.717, 1.165) is 18.5 Å². The molecule has 0 aliphatic rings. The van der Waals surface area contributed by atoms with Crippen LogP contribution in [-0.2, 0) is 11.2 Å². The Morgan fingerprint density at radius 3 is 2.44 bits per heavy atom. The smallest absolute Gasteiger partial charge is 0.225 e. The summed E-state index contributed by atoms with van der Waals surface area (Å²) in [5.74, 6) is 0.0951. The van der Waals surface area contributed by atoms with Crippen LogP contribution in [0, 0.1) is 5.41 Å². The van der Waals surface area contributed by atoms with Gasteiger partial charge in [-0.05, 0) is 42.5 Å². The molecule has 0 fully saturated rings. The number of aryl methyl sites for hydroxylation is 1. The molecule has 27 heavy (non-hydrogen) atoms. The Kier molecular flexibility index (Phi) is 7.90. The van der Waals surface area contributed by atoms with Gasteiger partial charge in [-0.1, -0.05) is 76.6 Å². The van der Waals surface area contributed by atoms with Gasteiger partial charge in [0.25, 0.3) is 0 Å². The average Bonchev–Trinajstić information content (AvgIpc) is 2.65. The summed E-state index contributed by atoms with van der Waals surface area (Å²) in [7, 11) is 0. The van der Waals surface area contributed by atoms with Crippen LogP contribution in [0.4, 0.5) is 5.69 Å². The molecular formula is C24H34N2O. The summed E-state index contributed by atoms with van der Waals surface area (Å²) in [5, 5.41) is 6.72. The third-order valence-corrected chi connectivity index (χ3v) is 4.69. The summed E-state index contributed by atoms with van der Waals surface area (Å²) < 4.78 is 0. The van der Waals surface area contributed by atoms with E-state index in [9.17, 15) is 4.79 Å². The summed E-state index contributed by atoms with van der Waals surface area (Å²) >= 11 is 0. The summed E-state index contributed by atoms with van der Waals surface area (Å²) in [5.41, 5.74) is 3.40. The molecule has 0 heterocycles. The molecule has 3 heteroatoms. The van der Waals surface area contributed by atoms with Crippen LogP contribution in [0.1, 0.15) is 64.1 Å². The van der Waals surface area contributed by atoms with Gasteiger partial charge in [0.15, 0.2) is 0 Å². The molecule has 1 atom stereocenters. The highest BCUT2D eigenvalue weighted by Gasteiger charge is 2.21. The van der Waals surface area contributed by atoms with Gasteiger partial charge in [-0.2, -0.15) is 0 Å². The summed E-state index contributed by atoms with van der Waals surface area (Å²) in [6.45, 7) is 8.71. The van der Waals surface area contributed by atoms with Gasteiger partial charge in [0, 0.05) is 17.6 Å². The number of carbonyl (C=O) groups is 1. The van der Waals surface area contributed by atoms with Gasteiger partial charge in [-0.25, -0.2) is 0 Å². The van der Waals surface area contributed by atoms with Crippen molar-refractivity contribution in [1.82, 2.24) is 5.32 Å². The van der Waals surface area contributed by atoms with Gasteiger partial charge >= 0.3 is 0 Å². The Morgan fingerprint density at radius 2 is 1.78 bits per heavy atom. The van der Waals surface area contributed by atoms with Gasteiger partial charge in [0.05, 0.1) is 6.04 Å². The number of unbranched alkanes of at least 4 members (excludes halogenated alkanes) is 1. The van der Waals surface area contributed by atoms with Gasteiger partial charge < -0.3 is 10.6 Å². The van der Waals surface area contributed by atoms with Crippen molar-refractivity contribution in [3.8, 4) is 0 Å². The van der Waals surface area contributed by atoms with Crippen molar-refractivity contribution in [2.45, 2.75) is 59.4 Å². The van der Waals surface area contributed by atoms with Crippen LogP contribution >= 0.6 is 0 Å². The maximum Gasteiger partial charge on any atom is 0.225 e. The lowest BCUT2D eigenvalue weighted by Gasteiger charge is -2.23. The van der Waals surface area contributed by atoms with E-state index in [4.69, 9.17) is 0 Å². The molecule has 2 rings (SSSR count). The van der Waals surface area contributed by atoms with Crippen LogP contribution in [0.15, 0.2) is 54.6 Å². The second-order valence-corrected chi connectivity index (χ2v) is 8.21. The highest BCUT2D eigenvalue weighted by atomic mass is 16.2. The van der Waals surface area contributed by atoms with E-state index in [1.165, 1.54) is 24.0 Å². The molecule has 0 aromatic heterocycles. The summed E-state index contributed by atoms with van der Waals surface area (Å²) in [4.78, 5) is 12.2. The van der Waals surface area contributed by atoms with Crippen molar-refractivity contribution in [2.24, 2.45) is 5.41 Å². The van der Waals surface area contributed by atoms with Crippen molar-refractivity contribution in [3.63, 3.8) is 0 Å². The van der Waals surface area contributed by atoms with Crippen LogP contribution in [0.5, 0.6) is 0 Å². The fourth-order valence-corrected chi connectivity index (χ4v) is 3.00. The minimum absolute atomic E-state index is 0.0951. The molecule has 0 spiro atoms. The second-order valence-electron chi connectivity index (χ2n) is 8.21. The molecule has 2 aromatic carbocycles. The van der Waals surface area contributed by atoms with E-state index < -0.39 is 0 Å². The van der Waals surface area contributed by atoms with Crippen LogP contribution in [0.3, 0.4) is 0 Å². The lowest BCUT2D eigenvalue weighted by atomic mass is 9.95. The zero-order chi connectivity index (χ0) is 19.7. The first-order chi connectivity index (χ1) is 12.9. The van der Waals surface area contributed by atoms with Crippen LogP contribution in [0.2, 0.25) is 0 Å². The Labute approximate surface area is 164 Å². The predicted octanol–water partition coefficient (Wildman–Crippen LogP) is 5.73. The number of carbonyl (C=O) groups excluding carboxylic acids is 1. The van der Waals surface area contributed by atoms with Crippen molar-refractivity contribution < 1.29 is 4.79 Å². The molecule has 1 unspecified atom stereocenters. The van der Waals surface area contributed by atoms with Crippen molar-refractivity contribution >= 4 is 11.6 Å². The van der Waals surface area contributed by atoms with E-state index >= 15 is 0 Å². The third kappa shape index (κ3) is 7.09. The normalized spacial score (nSPS) is 12.4. The largest absolute Gasteiger partial charge is 0.378 e. The maximum absolute atomic E-state index is 12.2. The Bertz CT molecular complexity index is 704. The molecule has 0 radical (unpaired) electrons. The number of benzene rings is 2. The van der Waals surface area contributed by atoms with Crippen molar-refractivity contribution in [1.29, 1.82) is 0 Å². The Morgan fingerprint density at radius 1 is 1.04 bits per heavy atom.